The van der Waals surface area contributed by atoms with Gasteiger partial charge in [-0.25, -0.2) is 14.2 Å². The van der Waals surface area contributed by atoms with Crippen molar-refractivity contribution < 1.29 is 36.6 Å². The third-order valence-corrected chi connectivity index (χ3v) is 8.61. The van der Waals surface area contributed by atoms with Gasteiger partial charge in [0.2, 0.25) is 5.88 Å². The number of hydrogen-bond donors (Lipinski definition) is 0. The van der Waals surface area contributed by atoms with Gasteiger partial charge in [-0.05, 0) is 49.7 Å². The molecule has 6 rings (SSSR count). The molecule has 0 amide bonds. The summed E-state index contributed by atoms with van der Waals surface area (Å²) in [6.07, 6.45) is -3.70. The van der Waals surface area contributed by atoms with Gasteiger partial charge in [-0.1, -0.05) is 6.07 Å². The summed E-state index contributed by atoms with van der Waals surface area (Å²) in [5.74, 6) is -0.517. The Morgan fingerprint density at radius 1 is 1.11 bits per heavy atom. The van der Waals surface area contributed by atoms with Crippen LogP contribution in [0.2, 0.25) is 0 Å². The van der Waals surface area contributed by atoms with Crippen molar-refractivity contribution in [3.8, 4) is 11.9 Å². The van der Waals surface area contributed by atoms with Crippen LogP contribution in [0.15, 0.2) is 48.5 Å². The number of piperazine rings is 1. The third-order valence-electron chi connectivity index (χ3n) is 8.61. The van der Waals surface area contributed by atoms with Crippen LogP contribution in [-0.2, 0) is 28.8 Å². The number of carbonyl (C=O) groups is 1. The molecule has 0 bridgehead atoms. The number of hydrogen-bond acceptors (Lipinski definition) is 9. The molecule has 0 unspecified atom stereocenters. The summed E-state index contributed by atoms with van der Waals surface area (Å²) in [5, 5.41) is 8.95. The van der Waals surface area contributed by atoms with Crippen molar-refractivity contribution in [1.29, 1.82) is 5.26 Å². The SMILES string of the molecule is COC(=O)c1ccc2nc([C@H](C)N3CCN(c4cc(C(F)(F)F)cc(OCc5ccc(C#N)cc5F)n4)CC3)n(C[C@@H]3CCO3)c2c1. The molecule has 2 aromatic heterocycles. The van der Waals surface area contributed by atoms with E-state index in [1.807, 2.05) is 13.0 Å². The van der Waals surface area contributed by atoms with E-state index in [0.29, 0.717) is 44.9 Å². The number of halogens is 4. The van der Waals surface area contributed by atoms with Crippen LogP contribution in [0.25, 0.3) is 11.0 Å². The third kappa shape index (κ3) is 6.86. The molecule has 47 heavy (non-hydrogen) atoms. The van der Waals surface area contributed by atoms with Crippen molar-refractivity contribution in [2.24, 2.45) is 0 Å². The van der Waals surface area contributed by atoms with Crippen molar-refractivity contribution >= 4 is 22.8 Å². The first kappa shape index (κ1) is 32.2. The molecule has 0 radical (unpaired) electrons. The predicted molar refractivity (Wildman–Crippen MR) is 162 cm³/mol. The van der Waals surface area contributed by atoms with Gasteiger partial charge in [0.1, 0.15) is 24.1 Å². The van der Waals surface area contributed by atoms with Crippen LogP contribution in [0.4, 0.5) is 23.4 Å². The fourth-order valence-electron chi connectivity index (χ4n) is 5.81. The summed E-state index contributed by atoms with van der Waals surface area (Å²) in [7, 11) is 1.33. The zero-order chi connectivity index (χ0) is 33.3. The van der Waals surface area contributed by atoms with E-state index in [1.54, 1.807) is 23.1 Å². The zero-order valence-corrected chi connectivity index (χ0v) is 25.8. The number of fused-ring (bicyclic) bond motifs is 1. The van der Waals surface area contributed by atoms with Gasteiger partial charge in [-0.3, -0.25) is 4.90 Å². The van der Waals surface area contributed by atoms with Crippen LogP contribution in [0.1, 0.15) is 52.3 Å². The summed E-state index contributed by atoms with van der Waals surface area (Å²) < 4.78 is 74.2. The lowest BCUT2D eigenvalue weighted by Crippen LogP contribution is -2.48. The maximum atomic E-state index is 14.4. The molecule has 0 aliphatic carbocycles. The smallest absolute Gasteiger partial charge is 0.416 e. The van der Waals surface area contributed by atoms with E-state index in [2.05, 4.69) is 14.5 Å². The minimum atomic E-state index is -4.65. The summed E-state index contributed by atoms with van der Waals surface area (Å²) >= 11 is 0. The molecule has 4 heterocycles. The lowest BCUT2D eigenvalue weighted by Gasteiger charge is -2.39. The number of benzene rings is 2. The summed E-state index contributed by atoms with van der Waals surface area (Å²) in [6, 6.07) is 12.5. The number of rotatable bonds is 9. The molecule has 0 N–H and O–H groups in total. The zero-order valence-electron chi connectivity index (χ0n) is 25.8. The largest absolute Gasteiger partial charge is 0.473 e. The minimum absolute atomic E-state index is 0.0359. The molecule has 246 valence electrons. The van der Waals surface area contributed by atoms with Crippen LogP contribution >= 0.6 is 0 Å². The molecule has 2 aliphatic rings. The number of methoxy groups -OCH3 is 1. The summed E-state index contributed by atoms with van der Waals surface area (Å²) in [5.41, 5.74) is 1.24. The monoisotopic (exact) mass is 652 g/mol. The van der Waals surface area contributed by atoms with Gasteiger partial charge in [0.15, 0.2) is 0 Å². The topological polar surface area (TPSA) is 106 Å². The van der Waals surface area contributed by atoms with Crippen LogP contribution in [0.5, 0.6) is 5.88 Å². The van der Waals surface area contributed by atoms with E-state index >= 15 is 0 Å². The number of esters is 1. The highest BCUT2D eigenvalue weighted by molar-refractivity contribution is 5.93. The van der Waals surface area contributed by atoms with Crippen molar-refractivity contribution in [2.75, 3.05) is 44.8 Å². The van der Waals surface area contributed by atoms with E-state index in [9.17, 15) is 22.4 Å². The van der Waals surface area contributed by atoms with Crippen LogP contribution in [-0.4, -0.2) is 71.4 Å². The average molecular weight is 653 g/mol. The Hall–Kier alpha value is -4.74. The number of nitrogens with zero attached hydrogens (tertiary/aromatic N) is 6. The molecular formula is C33H32F4N6O4. The van der Waals surface area contributed by atoms with Crippen molar-refractivity contribution in [2.45, 2.75) is 44.8 Å². The van der Waals surface area contributed by atoms with Gasteiger partial charge < -0.3 is 23.7 Å². The van der Waals surface area contributed by atoms with E-state index in [-0.39, 0.29) is 41.6 Å². The normalized spacial score (nSPS) is 17.6. The highest BCUT2D eigenvalue weighted by atomic mass is 19.4. The van der Waals surface area contributed by atoms with Gasteiger partial charge >= 0.3 is 12.1 Å². The van der Waals surface area contributed by atoms with Crippen LogP contribution < -0.4 is 9.64 Å². The van der Waals surface area contributed by atoms with Crippen molar-refractivity contribution in [3.05, 3.63) is 82.4 Å². The Bertz CT molecular complexity index is 1830. The first-order valence-electron chi connectivity index (χ1n) is 15.1. The second kappa shape index (κ2) is 13.2. The molecule has 2 atom stereocenters. The fourth-order valence-corrected chi connectivity index (χ4v) is 5.81. The Labute approximate surface area is 268 Å². The average Bonchev–Trinajstić information content (AvgIpc) is 3.42. The van der Waals surface area contributed by atoms with E-state index in [4.69, 9.17) is 24.5 Å². The molecule has 0 spiro atoms. The van der Waals surface area contributed by atoms with Gasteiger partial charge in [-0.15, -0.1) is 0 Å². The molecule has 14 heteroatoms. The molecule has 0 saturated carbocycles. The van der Waals surface area contributed by atoms with Gasteiger partial charge in [0, 0.05) is 44.4 Å². The molecule has 2 fully saturated rings. The summed E-state index contributed by atoms with van der Waals surface area (Å²) in [4.78, 5) is 25.5. The second-order valence-electron chi connectivity index (χ2n) is 11.5. The maximum Gasteiger partial charge on any atom is 0.416 e. The van der Waals surface area contributed by atoms with Gasteiger partial charge in [-0.2, -0.15) is 23.4 Å². The number of carbonyl (C=O) groups excluding carboxylic acids is 1. The standard InChI is InChI=1S/C33H32F4N6O4/c1-20(31-39-27-6-5-22(32(44)45-2)14-28(27)43(31)18-25-7-12-46-25)41-8-10-42(11-9-41)29-15-24(33(35,36)37)16-30(40-29)47-19-23-4-3-21(17-38)13-26(23)34/h3-6,13-16,20,25H,7-12,18-19H2,1-2H3/t20-,25-/m0/s1. The Morgan fingerprint density at radius 3 is 2.51 bits per heavy atom. The van der Waals surface area contributed by atoms with Gasteiger partial charge in [0.05, 0.1) is 59.6 Å². The highest BCUT2D eigenvalue weighted by Gasteiger charge is 2.34. The maximum absolute atomic E-state index is 14.4. The van der Waals surface area contributed by atoms with Gasteiger partial charge in [0.25, 0.3) is 0 Å². The number of imidazole rings is 1. The first-order chi connectivity index (χ1) is 22.5. The fraction of sp³-hybridized carbons (Fsp3) is 0.394. The molecule has 2 aromatic carbocycles. The Balaban J connectivity index is 1.20. The number of ether oxygens (including phenoxy) is 3. The van der Waals surface area contributed by atoms with E-state index in [1.165, 1.54) is 19.2 Å². The number of alkyl halides is 3. The number of pyridine rings is 1. The Kier molecular flexibility index (Phi) is 9.03. The molecule has 2 aliphatic heterocycles. The van der Waals surface area contributed by atoms with E-state index in [0.717, 1.165) is 41.5 Å². The minimum Gasteiger partial charge on any atom is -0.473 e. The number of nitriles is 1. The quantitative estimate of drug-likeness (QED) is 0.171. The predicted octanol–water partition coefficient (Wildman–Crippen LogP) is 5.50. The van der Waals surface area contributed by atoms with E-state index < -0.39 is 23.5 Å². The Morgan fingerprint density at radius 2 is 1.87 bits per heavy atom. The molecule has 4 aromatic rings. The van der Waals surface area contributed by atoms with Crippen molar-refractivity contribution in [1.82, 2.24) is 19.4 Å². The number of anilines is 1. The summed E-state index contributed by atoms with van der Waals surface area (Å²) in [6.45, 7) is 4.76. The first-order valence-corrected chi connectivity index (χ1v) is 15.1. The highest BCUT2D eigenvalue weighted by Crippen LogP contribution is 2.35. The second-order valence-corrected chi connectivity index (χ2v) is 11.5. The lowest BCUT2D eigenvalue weighted by molar-refractivity contribution is -0.137. The lowest BCUT2D eigenvalue weighted by atomic mass is 10.1. The van der Waals surface area contributed by atoms with Crippen LogP contribution in [0.3, 0.4) is 0 Å². The van der Waals surface area contributed by atoms with Crippen LogP contribution in [0, 0.1) is 17.1 Å². The molecular weight excluding hydrogens is 620 g/mol. The molecule has 2 saturated heterocycles. The van der Waals surface area contributed by atoms with Crippen molar-refractivity contribution in [3.63, 3.8) is 0 Å². The number of aromatic nitrogens is 3. The molecule has 10 nitrogen and oxygen atoms in total.